The van der Waals surface area contributed by atoms with Gasteiger partial charge in [0.2, 0.25) is 5.95 Å². The smallest absolute Gasteiger partial charge is 0.321 e. The molecule has 1 fully saturated rings. The number of anilines is 3. The summed E-state index contributed by atoms with van der Waals surface area (Å²) < 4.78 is 0. The Morgan fingerprint density at radius 3 is 2.28 bits per heavy atom. The van der Waals surface area contributed by atoms with Crippen molar-refractivity contribution in [3.8, 4) is 0 Å². The number of aromatic amines is 1. The van der Waals surface area contributed by atoms with E-state index in [0.717, 1.165) is 13.1 Å². The van der Waals surface area contributed by atoms with Crippen molar-refractivity contribution in [1.82, 2.24) is 20.1 Å². The molecule has 0 bridgehead atoms. The van der Waals surface area contributed by atoms with E-state index in [2.05, 4.69) is 42.8 Å². The summed E-state index contributed by atoms with van der Waals surface area (Å²) in [5, 5.41) is 11.7. The van der Waals surface area contributed by atoms with Crippen LogP contribution < -0.4 is 15.5 Å². The number of H-pyrrole nitrogens is 1. The van der Waals surface area contributed by atoms with Gasteiger partial charge in [-0.2, -0.15) is 10.1 Å². The molecule has 3 N–H and O–H groups in total. The van der Waals surface area contributed by atoms with E-state index in [-0.39, 0.29) is 17.9 Å². The van der Waals surface area contributed by atoms with Crippen LogP contribution in [0, 0.1) is 0 Å². The Hall–Kier alpha value is -3.88. The standard InChI is InChI=1S/C20H21N7O2/c28-18(24-19-21-14-22-25-19)15-6-8-16(9-7-15)23-20(29)27-12-10-26(11-13-27)17-4-2-1-3-5-17/h1-9,14H,10-13H2,(H,23,29)(H2,21,22,24,25,28). The Kier molecular flexibility index (Phi) is 5.37. The summed E-state index contributed by atoms with van der Waals surface area (Å²) in [6, 6.07) is 16.7. The normalized spacial score (nSPS) is 13.8. The van der Waals surface area contributed by atoms with E-state index in [0.29, 0.717) is 24.3 Å². The van der Waals surface area contributed by atoms with Crippen LogP contribution in [0.15, 0.2) is 60.9 Å². The maximum atomic E-state index is 12.5. The summed E-state index contributed by atoms with van der Waals surface area (Å²) in [5.41, 5.74) is 2.26. The number of hydrogen-bond donors (Lipinski definition) is 3. The quantitative estimate of drug-likeness (QED) is 0.633. The fourth-order valence-corrected chi connectivity index (χ4v) is 3.16. The van der Waals surface area contributed by atoms with Gasteiger partial charge in [0.1, 0.15) is 6.33 Å². The van der Waals surface area contributed by atoms with Gasteiger partial charge in [-0.3, -0.25) is 10.1 Å². The van der Waals surface area contributed by atoms with E-state index in [1.807, 2.05) is 18.2 Å². The molecule has 1 saturated heterocycles. The SMILES string of the molecule is O=C(Nc1ncn[nH]1)c1ccc(NC(=O)N2CCN(c3ccccc3)CC2)cc1. The third kappa shape index (κ3) is 4.52. The van der Waals surface area contributed by atoms with Gasteiger partial charge in [-0.15, -0.1) is 0 Å². The van der Waals surface area contributed by atoms with E-state index in [1.165, 1.54) is 12.0 Å². The summed E-state index contributed by atoms with van der Waals surface area (Å²) in [4.78, 5) is 32.6. The van der Waals surface area contributed by atoms with Crippen molar-refractivity contribution < 1.29 is 9.59 Å². The van der Waals surface area contributed by atoms with E-state index >= 15 is 0 Å². The van der Waals surface area contributed by atoms with Gasteiger partial charge in [0.05, 0.1) is 0 Å². The molecular weight excluding hydrogens is 370 g/mol. The topological polar surface area (TPSA) is 106 Å². The van der Waals surface area contributed by atoms with E-state index in [1.54, 1.807) is 29.2 Å². The predicted octanol–water partition coefficient (Wildman–Crippen LogP) is 2.41. The van der Waals surface area contributed by atoms with E-state index in [9.17, 15) is 9.59 Å². The first kappa shape index (κ1) is 18.5. The number of nitrogens with one attached hydrogen (secondary N) is 3. The molecular formula is C20H21N7O2. The number of amides is 3. The third-order valence-corrected chi connectivity index (χ3v) is 4.73. The van der Waals surface area contributed by atoms with Crippen LogP contribution in [0.5, 0.6) is 0 Å². The molecule has 29 heavy (non-hydrogen) atoms. The molecule has 0 unspecified atom stereocenters. The second kappa shape index (κ2) is 8.42. The number of benzene rings is 2. The Balaban J connectivity index is 1.29. The number of carbonyl (C=O) groups is 2. The number of urea groups is 1. The summed E-state index contributed by atoms with van der Waals surface area (Å²) in [6.07, 6.45) is 1.31. The van der Waals surface area contributed by atoms with Crippen LogP contribution in [0.3, 0.4) is 0 Å². The minimum atomic E-state index is -0.309. The van der Waals surface area contributed by atoms with Crippen LogP contribution in [-0.2, 0) is 0 Å². The second-order valence-electron chi connectivity index (χ2n) is 6.61. The lowest BCUT2D eigenvalue weighted by atomic mass is 10.2. The molecule has 9 heteroatoms. The highest BCUT2D eigenvalue weighted by molar-refractivity contribution is 6.03. The molecule has 2 aromatic carbocycles. The highest BCUT2D eigenvalue weighted by Gasteiger charge is 2.21. The Labute approximate surface area is 167 Å². The average Bonchev–Trinajstić information content (AvgIpc) is 3.28. The van der Waals surface area contributed by atoms with E-state index in [4.69, 9.17) is 0 Å². The lowest BCUT2D eigenvalue weighted by Crippen LogP contribution is -2.50. The number of hydrogen-bond acceptors (Lipinski definition) is 5. The zero-order valence-electron chi connectivity index (χ0n) is 15.7. The molecule has 4 rings (SSSR count). The van der Waals surface area contributed by atoms with Crippen molar-refractivity contribution in [2.45, 2.75) is 0 Å². The fourth-order valence-electron chi connectivity index (χ4n) is 3.16. The Morgan fingerprint density at radius 1 is 0.897 bits per heavy atom. The molecule has 2 heterocycles. The molecule has 148 valence electrons. The van der Waals surface area contributed by atoms with Gasteiger partial charge in [-0.1, -0.05) is 18.2 Å². The zero-order chi connectivity index (χ0) is 20.1. The monoisotopic (exact) mass is 391 g/mol. The summed E-state index contributed by atoms with van der Waals surface area (Å²) >= 11 is 0. The van der Waals surface area contributed by atoms with Crippen LogP contribution >= 0.6 is 0 Å². The largest absolute Gasteiger partial charge is 0.368 e. The first-order valence-corrected chi connectivity index (χ1v) is 9.32. The van der Waals surface area contributed by atoms with Gasteiger partial charge >= 0.3 is 6.03 Å². The average molecular weight is 391 g/mol. The molecule has 3 aromatic rings. The first-order chi connectivity index (χ1) is 14.2. The molecule has 0 spiro atoms. The van der Waals surface area contributed by atoms with Crippen molar-refractivity contribution in [3.63, 3.8) is 0 Å². The molecule has 0 radical (unpaired) electrons. The van der Waals surface area contributed by atoms with Crippen LogP contribution in [0.4, 0.5) is 22.1 Å². The van der Waals surface area contributed by atoms with Crippen LogP contribution in [-0.4, -0.2) is 58.2 Å². The van der Waals surface area contributed by atoms with Crippen LogP contribution in [0.25, 0.3) is 0 Å². The van der Waals surface area contributed by atoms with Crippen molar-refractivity contribution in [2.75, 3.05) is 41.7 Å². The number of nitrogens with zero attached hydrogens (tertiary/aromatic N) is 4. The van der Waals surface area contributed by atoms with Gasteiger partial charge in [0, 0.05) is 43.1 Å². The fraction of sp³-hybridized carbons (Fsp3) is 0.200. The molecule has 3 amide bonds. The Morgan fingerprint density at radius 2 is 1.62 bits per heavy atom. The highest BCUT2D eigenvalue weighted by atomic mass is 16.2. The number of carbonyl (C=O) groups excluding carboxylic acids is 2. The van der Waals surface area contributed by atoms with Gasteiger partial charge in [-0.05, 0) is 36.4 Å². The Bertz CT molecular complexity index is 950. The lowest BCUT2D eigenvalue weighted by Gasteiger charge is -2.36. The molecule has 0 atom stereocenters. The van der Waals surface area contributed by atoms with Gasteiger partial charge < -0.3 is 15.1 Å². The molecule has 9 nitrogen and oxygen atoms in total. The summed E-state index contributed by atoms with van der Waals surface area (Å²) in [7, 11) is 0. The van der Waals surface area contributed by atoms with Crippen molar-refractivity contribution in [3.05, 3.63) is 66.5 Å². The van der Waals surface area contributed by atoms with Crippen molar-refractivity contribution in [2.24, 2.45) is 0 Å². The van der Waals surface area contributed by atoms with Crippen molar-refractivity contribution in [1.29, 1.82) is 0 Å². The second-order valence-corrected chi connectivity index (χ2v) is 6.61. The summed E-state index contributed by atoms with van der Waals surface area (Å²) in [6.45, 7) is 2.88. The van der Waals surface area contributed by atoms with E-state index < -0.39 is 0 Å². The van der Waals surface area contributed by atoms with Gasteiger partial charge in [-0.25, -0.2) is 9.89 Å². The third-order valence-electron chi connectivity index (χ3n) is 4.73. The summed E-state index contributed by atoms with van der Waals surface area (Å²) in [5.74, 6) is -0.0290. The molecule has 0 saturated carbocycles. The molecule has 1 aliphatic rings. The minimum Gasteiger partial charge on any atom is -0.368 e. The number of para-hydroxylation sites is 1. The van der Waals surface area contributed by atoms with Gasteiger partial charge in [0.15, 0.2) is 0 Å². The highest BCUT2D eigenvalue weighted by Crippen LogP contribution is 2.17. The number of piperazine rings is 1. The van der Waals surface area contributed by atoms with Crippen molar-refractivity contribution >= 4 is 29.3 Å². The first-order valence-electron chi connectivity index (χ1n) is 9.32. The molecule has 1 aliphatic heterocycles. The maximum absolute atomic E-state index is 12.5. The number of aromatic nitrogens is 3. The van der Waals surface area contributed by atoms with Gasteiger partial charge in [0.25, 0.3) is 5.91 Å². The lowest BCUT2D eigenvalue weighted by molar-refractivity contribution is 0.102. The predicted molar refractivity (Wildman–Crippen MR) is 110 cm³/mol. The number of rotatable bonds is 4. The minimum absolute atomic E-state index is 0.142. The molecule has 0 aliphatic carbocycles. The zero-order valence-corrected chi connectivity index (χ0v) is 15.7. The van der Waals surface area contributed by atoms with Crippen LogP contribution in [0.2, 0.25) is 0 Å². The maximum Gasteiger partial charge on any atom is 0.321 e. The van der Waals surface area contributed by atoms with Crippen LogP contribution in [0.1, 0.15) is 10.4 Å². The molecule has 1 aromatic heterocycles.